The van der Waals surface area contributed by atoms with Gasteiger partial charge in [0.25, 0.3) is 0 Å². The molecule has 0 spiro atoms. The zero-order chi connectivity index (χ0) is 22.8. The van der Waals surface area contributed by atoms with E-state index in [0.29, 0.717) is 23.8 Å². The van der Waals surface area contributed by atoms with Crippen LogP contribution in [0.5, 0.6) is 11.5 Å². The van der Waals surface area contributed by atoms with Crippen LogP contribution in [-0.2, 0) is 20.9 Å². The molecule has 0 aromatic heterocycles. The van der Waals surface area contributed by atoms with E-state index in [1.54, 1.807) is 24.3 Å². The fraction of sp³-hybridized carbons (Fsp3) is 0.167. The van der Waals surface area contributed by atoms with Crippen LogP contribution in [0.25, 0.3) is 0 Å². The van der Waals surface area contributed by atoms with Crippen LogP contribution in [0.2, 0.25) is 0 Å². The maximum Gasteiger partial charge on any atom is 0.249 e. The third kappa shape index (κ3) is 7.19. The second-order valence-electron chi connectivity index (χ2n) is 6.89. The molecule has 0 aliphatic carbocycles. The lowest BCUT2D eigenvalue weighted by Gasteiger charge is -2.18. The third-order valence-electron chi connectivity index (χ3n) is 4.40. The summed E-state index contributed by atoms with van der Waals surface area (Å²) in [6.07, 6.45) is 0. The number of anilines is 1. The molecule has 3 rings (SSSR count). The summed E-state index contributed by atoms with van der Waals surface area (Å²) in [7, 11) is 0. The molecule has 0 fully saturated rings. The average Bonchev–Trinajstić information content (AvgIpc) is 2.81. The number of rotatable bonds is 10. The number of ether oxygens (including phenoxy) is 2. The summed E-state index contributed by atoms with van der Waals surface area (Å²) in [4.78, 5) is 24.4. The summed E-state index contributed by atoms with van der Waals surface area (Å²) in [5.74, 6) is -0.236. The van der Waals surface area contributed by atoms with Crippen molar-refractivity contribution in [1.82, 2.24) is 5.32 Å². The highest BCUT2D eigenvalue weighted by atomic mass is 19.1. The minimum atomic E-state index is -0.912. The summed E-state index contributed by atoms with van der Waals surface area (Å²) in [5, 5.41) is 5.30. The van der Waals surface area contributed by atoms with Gasteiger partial charge in [-0.3, -0.25) is 9.59 Å². The summed E-state index contributed by atoms with van der Waals surface area (Å²) in [6, 6.07) is 20.9. The predicted octanol–water partition coefficient (Wildman–Crippen LogP) is 3.22. The van der Waals surface area contributed by atoms with Crippen LogP contribution in [0.4, 0.5) is 10.1 Å². The van der Waals surface area contributed by atoms with E-state index in [1.165, 1.54) is 24.3 Å². The van der Waals surface area contributed by atoms with Gasteiger partial charge < -0.3 is 25.8 Å². The number of hydrogen-bond acceptors (Lipinski definition) is 5. The Kier molecular flexibility index (Phi) is 8.30. The quantitative estimate of drug-likeness (QED) is 0.452. The van der Waals surface area contributed by atoms with Gasteiger partial charge in [0.15, 0.2) is 0 Å². The number of benzene rings is 3. The smallest absolute Gasteiger partial charge is 0.249 e. The van der Waals surface area contributed by atoms with E-state index in [9.17, 15) is 14.0 Å². The number of carbonyl (C=O) groups is 2. The molecule has 3 aromatic rings. The molecule has 0 saturated carbocycles. The molecule has 0 heterocycles. The van der Waals surface area contributed by atoms with E-state index < -0.39 is 17.9 Å². The van der Waals surface area contributed by atoms with Crippen molar-refractivity contribution in [3.8, 4) is 11.5 Å². The number of nitrogens with one attached hydrogen (secondary N) is 2. The van der Waals surface area contributed by atoms with E-state index in [-0.39, 0.29) is 19.0 Å². The molecule has 166 valence electrons. The molecule has 4 N–H and O–H groups in total. The SMILES string of the molecule is NCC(=O)N[C@@H](COCc1ccccc1)C(=O)Nc1ccc(Oc2ccc(F)cc2)cc1. The molecule has 1 atom stereocenters. The number of nitrogens with two attached hydrogens (primary N) is 1. The van der Waals surface area contributed by atoms with E-state index in [0.717, 1.165) is 5.56 Å². The fourth-order valence-electron chi connectivity index (χ4n) is 2.78. The van der Waals surface area contributed by atoms with Gasteiger partial charge in [0, 0.05) is 5.69 Å². The van der Waals surface area contributed by atoms with Crippen molar-refractivity contribution in [3.63, 3.8) is 0 Å². The molecule has 2 amide bonds. The Morgan fingerprint density at radius 3 is 2.16 bits per heavy atom. The van der Waals surface area contributed by atoms with Crippen LogP contribution in [0.1, 0.15) is 5.56 Å². The first kappa shape index (κ1) is 22.9. The Hall–Kier alpha value is -3.75. The lowest BCUT2D eigenvalue weighted by atomic mass is 10.2. The van der Waals surface area contributed by atoms with E-state index in [2.05, 4.69) is 10.6 Å². The molecule has 0 unspecified atom stereocenters. The van der Waals surface area contributed by atoms with Crippen LogP contribution in [0.15, 0.2) is 78.9 Å². The van der Waals surface area contributed by atoms with Crippen LogP contribution >= 0.6 is 0 Å². The molecule has 0 aliphatic rings. The minimum absolute atomic E-state index is 0.0156. The molecule has 0 radical (unpaired) electrons. The number of amides is 2. The summed E-state index contributed by atoms with van der Waals surface area (Å²) < 4.78 is 24.2. The summed E-state index contributed by atoms with van der Waals surface area (Å²) in [6.45, 7) is 0.0503. The van der Waals surface area contributed by atoms with Crippen molar-refractivity contribution in [1.29, 1.82) is 0 Å². The van der Waals surface area contributed by atoms with Gasteiger partial charge in [-0.2, -0.15) is 0 Å². The van der Waals surface area contributed by atoms with Crippen LogP contribution < -0.4 is 21.1 Å². The first-order valence-electron chi connectivity index (χ1n) is 9.99. The van der Waals surface area contributed by atoms with Crippen molar-refractivity contribution in [2.24, 2.45) is 5.73 Å². The summed E-state index contributed by atoms with van der Waals surface area (Å²) >= 11 is 0. The standard InChI is InChI=1S/C24H24FN3O4/c25-18-6-10-20(11-7-18)32-21-12-8-19(9-13-21)27-24(30)22(28-23(29)14-26)16-31-15-17-4-2-1-3-5-17/h1-13,22H,14-16,26H2,(H,27,30)(H,28,29)/t22-/m0/s1. The molecule has 3 aromatic carbocycles. The molecular weight excluding hydrogens is 413 g/mol. The zero-order valence-electron chi connectivity index (χ0n) is 17.3. The van der Waals surface area contributed by atoms with E-state index in [1.807, 2.05) is 30.3 Å². The van der Waals surface area contributed by atoms with Crippen LogP contribution in [0, 0.1) is 5.82 Å². The van der Waals surface area contributed by atoms with Gasteiger partial charge >= 0.3 is 0 Å². The van der Waals surface area contributed by atoms with Gasteiger partial charge in [-0.15, -0.1) is 0 Å². The second-order valence-corrected chi connectivity index (χ2v) is 6.89. The molecule has 0 aliphatic heterocycles. The van der Waals surface area contributed by atoms with Gasteiger partial charge in [-0.05, 0) is 54.1 Å². The molecule has 0 bridgehead atoms. The van der Waals surface area contributed by atoms with Crippen molar-refractivity contribution in [2.75, 3.05) is 18.5 Å². The lowest BCUT2D eigenvalue weighted by Crippen LogP contribution is -2.48. The van der Waals surface area contributed by atoms with Gasteiger partial charge in [-0.1, -0.05) is 30.3 Å². The molecule has 8 heteroatoms. The first-order chi connectivity index (χ1) is 15.5. The number of carbonyl (C=O) groups excluding carboxylic acids is 2. The van der Waals surface area contributed by atoms with Crippen molar-refractivity contribution in [2.45, 2.75) is 12.6 Å². The van der Waals surface area contributed by atoms with Crippen LogP contribution in [-0.4, -0.2) is 31.0 Å². The van der Waals surface area contributed by atoms with E-state index in [4.69, 9.17) is 15.2 Å². The Labute approximate surface area is 185 Å². The normalized spacial score (nSPS) is 11.4. The highest BCUT2D eigenvalue weighted by Crippen LogP contribution is 2.23. The highest BCUT2D eigenvalue weighted by Gasteiger charge is 2.21. The maximum absolute atomic E-state index is 13.0. The van der Waals surface area contributed by atoms with Crippen molar-refractivity contribution < 1.29 is 23.5 Å². The Morgan fingerprint density at radius 2 is 1.53 bits per heavy atom. The van der Waals surface area contributed by atoms with Crippen molar-refractivity contribution >= 4 is 17.5 Å². The van der Waals surface area contributed by atoms with Crippen molar-refractivity contribution in [3.05, 3.63) is 90.2 Å². The molecule has 7 nitrogen and oxygen atoms in total. The third-order valence-corrected chi connectivity index (χ3v) is 4.40. The largest absolute Gasteiger partial charge is 0.457 e. The van der Waals surface area contributed by atoms with Gasteiger partial charge in [0.05, 0.1) is 19.8 Å². The number of hydrogen-bond donors (Lipinski definition) is 3. The fourth-order valence-corrected chi connectivity index (χ4v) is 2.78. The molecule has 0 saturated heterocycles. The monoisotopic (exact) mass is 437 g/mol. The van der Waals surface area contributed by atoms with Gasteiger partial charge in [0.1, 0.15) is 23.4 Å². The summed E-state index contributed by atoms with van der Waals surface area (Å²) in [5.41, 5.74) is 6.82. The molecular formula is C24H24FN3O4. The van der Waals surface area contributed by atoms with Gasteiger partial charge in [-0.25, -0.2) is 4.39 Å². The van der Waals surface area contributed by atoms with E-state index >= 15 is 0 Å². The Balaban J connectivity index is 1.57. The van der Waals surface area contributed by atoms with Gasteiger partial charge in [0.2, 0.25) is 11.8 Å². The lowest BCUT2D eigenvalue weighted by molar-refractivity contribution is -0.127. The Morgan fingerprint density at radius 1 is 0.906 bits per heavy atom. The highest BCUT2D eigenvalue weighted by molar-refractivity contribution is 5.97. The average molecular weight is 437 g/mol. The Bertz CT molecular complexity index is 1010. The molecule has 32 heavy (non-hydrogen) atoms. The zero-order valence-corrected chi connectivity index (χ0v) is 17.3. The van der Waals surface area contributed by atoms with Crippen LogP contribution in [0.3, 0.4) is 0 Å². The minimum Gasteiger partial charge on any atom is -0.457 e. The second kappa shape index (κ2) is 11.6. The number of halogens is 1. The maximum atomic E-state index is 13.0. The first-order valence-corrected chi connectivity index (χ1v) is 9.99. The predicted molar refractivity (Wildman–Crippen MR) is 119 cm³/mol. The topological polar surface area (TPSA) is 103 Å².